The Hall–Kier alpha value is -3.18. The van der Waals surface area contributed by atoms with Crippen molar-refractivity contribution in [2.45, 2.75) is 6.61 Å². The number of pyridine rings is 1. The number of benzene rings is 2. The summed E-state index contributed by atoms with van der Waals surface area (Å²) in [6.45, 7) is 0.427. The third kappa shape index (κ3) is 3.58. The van der Waals surface area contributed by atoms with Gasteiger partial charge in [0.2, 0.25) is 5.82 Å². The fraction of sp³-hybridized carbons (Fsp3) is 0.0500. The van der Waals surface area contributed by atoms with Crippen molar-refractivity contribution in [2.75, 3.05) is 0 Å². The lowest BCUT2D eigenvalue weighted by molar-refractivity contribution is 0.306. The van der Waals surface area contributed by atoms with Crippen molar-refractivity contribution < 1.29 is 9.26 Å². The Bertz CT molecular complexity index is 1000. The van der Waals surface area contributed by atoms with Crippen LogP contribution in [0.3, 0.4) is 0 Å². The van der Waals surface area contributed by atoms with Crippen LogP contribution in [0.1, 0.15) is 5.56 Å². The Balaban J connectivity index is 1.64. The Morgan fingerprint density at radius 1 is 0.962 bits per heavy atom. The number of rotatable bonds is 5. The van der Waals surface area contributed by atoms with Crippen molar-refractivity contribution in [3.63, 3.8) is 0 Å². The maximum Gasteiger partial charge on any atom is 0.262 e. The second-order valence-corrected chi connectivity index (χ2v) is 5.99. The molecule has 4 rings (SSSR count). The summed E-state index contributed by atoms with van der Waals surface area (Å²) in [6, 6.07) is 20.7. The summed E-state index contributed by atoms with van der Waals surface area (Å²) >= 11 is 6.15. The largest absolute Gasteiger partial charge is 0.488 e. The van der Waals surface area contributed by atoms with E-state index in [1.807, 2.05) is 48.5 Å². The Morgan fingerprint density at radius 2 is 1.81 bits per heavy atom. The van der Waals surface area contributed by atoms with E-state index in [9.17, 15) is 0 Å². The molecule has 0 amide bonds. The summed E-state index contributed by atoms with van der Waals surface area (Å²) < 4.78 is 11.4. The molecule has 0 saturated heterocycles. The minimum atomic E-state index is 0.330. The Kier molecular flexibility index (Phi) is 4.62. The monoisotopic (exact) mass is 363 g/mol. The normalized spacial score (nSPS) is 10.7. The fourth-order valence-electron chi connectivity index (χ4n) is 2.46. The Labute approximate surface area is 155 Å². The molecule has 26 heavy (non-hydrogen) atoms. The van der Waals surface area contributed by atoms with Crippen LogP contribution in [0.4, 0.5) is 0 Å². The first-order valence-electron chi connectivity index (χ1n) is 8.01. The molecule has 128 valence electrons. The number of hydrogen-bond donors (Lipinski definition) is 0. The van der Waals surface area contributed by atoms with E-state index in [2.05, 4.69) is 15.1 Å². The molecule has 2 aromatic carbocycles. The van der Waals surface area contributed by atoms with Gasteiger partial charge in [0, 0.05) is 11.2 Å². The maximum atomic E-state index is 6.15. The molecule has 0 spiro atoms. The van der Waals surface area contributed by atoms with Crippen molar-refractivity contribution in [3.05, 3.63) is 83.5 Å². The molecule has 2 heterocycles. The van der Waals surface area contributed by atoms with Gasteiger partial charge in [0.05, 0.1) is 5.56 Å². The molecular weight excluding hydrogens is 350 g/mol. The van der Waals surface area contributed by atoms with E-state index in [0.29, 0.717) is 40.4 Å². The van der Waals surface area contributed by atoms with Crippen molar-refractivity contribution in [1.29, 1.82) is 0 Å². The van der Waals surface area contributed by atoms with Crippen LogP contribution >= 0.6 is 11.6 Å². The molecule has 5 nitrogen and oxygen atoms in total. The van der Waals surface area contributed by atoms with E-state index in [4.69, 9.17) is 20.9 Å². The van der Waals surface area contributed by atoms with Gasteiger partial charge in [0.1, 0.15) is 18.1 Å². The summed E-state index contributed by atoms with van der Waals surface area (Å²) in [5.41, 5.74) is 2.34. The first-order valence-corrected chi connectivity index (χ1v) is 8.39. The van der Waals surface area contributed by atoms with Crippen LogP contribution in [0.2, 0.25) is 5.02 Å². The van der Waals surface area contributed by atoms with Crippen molar-refractivity contribution in [1.82, 2.24) is 15.1 Å². The van der Waals surface area contributed by atoms with Gasteiger partial charge in [-0.2, -0.15) is 4.98 Å². The molecular formula is C20H14ClN3O2. The van der Waals surface area contributed by atoms with E-state index in [-0.39, 0.29) is 0 Å². The van der Waals surface area contributed by atoms with E-state index < -0.39 is 0 Å². The van der Waals surface area contributed by atoms with Gasteiger partial charge in [-0.15, -0.1) is 0 Å². The van der Waals surface area contributed by atoms with Crippen LogP contribution in [0.25, 0.3) is 23.0 Å². The molecule has 0 aliphatic heterocycles. The van der Waals surface area contributed by atoms with Crippen molar-refractivity contribution in [3.8, 4) is 28.7 Å². The quantitative estimate of drug-likeness (QED) is 0.497. The van der Waals surface area contributed by atoms with Crippen LogP contribution in [-0.4, -0.2) is 15.1 Å². The molecule has 4 aromatic rings. The molecule has 0 aliphatic carbocycles. The molecule has 0 atom stereocenters. The maximum absolute atomic E-state index is 6.15. The number of halogens is 1. The lowest BCUT2D eigenvalue weighted by Gasteiger charge is -2.09. The van der Waals surface area contributed by atoms with Crippen LogP contribution in [0, 0.1) is 0 Å². The van der Waals surface area contributed by atoms with Gasteiger partial charge in [0.25, 0.3) is 5.89 Å². The SMILES string of the molecule is Clc1ccc(OCc2ccccc2)c(-c2nc(-c3ccccn3)no2)c1. The molecule has 0 aliphatic rings. The van der Waals surface area contributed by atoms with Crippen LogP contribution in [0.5, 0.6) is 5.75 Å². The van der Waals surface area contributed by atoms with Gasteiger partial charge in [-0.05, 0) is 35.9 Å². The first-order chi connectivity index (χ1) is 12.8. The summed E-state index contributed by atoms with van der Waals surface area (Å²) in [4.78, 5) is 8.66. The van der Waals surface area contributed by atoms with Crippen LogP contribution in [-0.2, 0) is 6.61 Å². The third-order valence-corrected chi connectivity index (χ3v) is 3.96. The average Bonchev–Trinajstić information content (AvgIpc) is 3.18. The van der Waals surface area contributed by atoms with Crippen molar-refractivity contribution >= 4 is 11.6 Å². The zero-order chi connectivity index (χ0) is 17.8. The number of aromatic nitrogens is 3. The van der Waals surface area contributed by atoms with E-state index >= 15 is 0 Å². The highest BCUT2D eigenvalue weighted by Crippen LogP contribution is 2.33. The number of nitrogens with zero attached hydrogens (tertiary/aromatic N) is 3. The summed E-state index contributed by atoms with van der Waals surface area (Å²) in [5, 5.41) is 4.56. The highest BCUT2D eigenvalue weighted by molar-refractivity contribution is 6.30. The molecule has 0 bridgehead atoms. The highest BCUT2D eigenvalue weighted by atomic mass is 35.5. The second-order valence-electron chi connectivity index (χ2n) is 5.55. The summed E-state index contributed by atoms with van der Waals surface area (Å²) in [7, 11) is 0. The summed E-state index contributed by atoms with van der Waals surface area (Å²) in [5.74, 6) is 1.36. The predicted molar refractivity (Wildman–Crippen MR) is 98.7 cm³/mol. The highest BCUT2D eigenvalue weighted by Gasteiger charge is 2.16. The smallest absolute Gasteiger partial charge is 0.262 e. The predicted octanol–water partition coefficient (Wildman–Crippen LogP) is 5.03. The fourth-order valence-corrected chi connectivity index (χ4v) is 2.63. The molecule has 0 N–H and O–H groups in total. The number of ether oxygens (including phenoxy) is 1. The molecule has 0 radical (unpaired) electrons. The minimum absolute atomic E-state index is 0.330. The topological polar surface area (TPSA) is 61.0 Å². The summed E-state index contributed by atoms with van der Waals surface area (Å²) in [6.07, 6.45) is 1.68. The van der Waals surface area contributed by atoms with E-state index in [0.717, 1.165) is 5.56 Å². The van der Waals surface area contributed by atoms with Crippen LogP contribution < -0.4 is 4.74 Å². The Morgan fingerprint density at radius 3 is 2.62 bits per heavy atom. The van der Waals surface area contributed by atoms with Gasteiger partial charge >= 0.3 is 0 Å². The van der Waals surface area contributed by atoms with Gasteiger partial charge < -0.3 is 9.26 Å². The van der Waals surface area contributed by atoms with Crippen molar-refractivity contribution in [2.24, 2.45) is 0 Å². The lowest BCUT2D eigenvalue weighted by atomic mass is 10.2. The zero-order valence-corrected chi connectivity index (χ0v) is 14.4. The molecule has 0 unspecified atom stereocenters. The van der Waals surface area contributed by atoms with Gasteiger partial charge in [-0.1, -0.05) is 53.2 Å². The number of hydrogen-bond acceptors (Lipinski definition) is 5. The first kappa shape index (κ1) is 16.3. The average molecular weight is 364 g/mol. The minimum Gasteiger partial charge on any atom is -0.488 e. The van der Waals surface area contributed by atoms with E-state index in [1.54, 1.807) is 24.4 Å². The van der Waals surface area contributed by atoms with E-state index in [1.165, 1.54) is 0 Å². The molecule has 0 saturated carbocycles. The molecule has 2 aromatic heterocycles. The zero-order valence-electron chi connectivity index (χ0n) is 13.7. The van der Waals surface area contributed by atoms with Gasteiger partial charge in [-0.3, -0.25) is 4.98 Å². The lowest BCUT2D eigenvalue weighted by Crippen LogP contribution is -1.97. The second kappa shape index (κ2) is 7.37. The van der Waals surface area contributed by atoms with Gasteiger partial charge in [-0.25, -0.2) is 0 Å². The standard InChI is InChI=1S/C20H14ClN3O2/c21-15-9-10-18(25-13-14-6-2-1-3-7-14)16(12-15)20-23-19(24-26-20)17-8-4-5-11-22-17/h1-12H,13H2. The van der Waals surface area contributed by atoms with Crippen LogP contribution in [0.15, 0.2) is 77.4 Å². The molecule has 6 heteroatoms. The van der Waals surface area contributed by atoms with Gasteiger partial charge in [0.15, 0.2) is 0 Å². The third-order valence-electron chi connectivity index (χ3n) is 3.73. The molecule has 0 fully saturated rings.